The van der Waals surface area contributed by atoms with E-state index in [9.17, 15) is 14.4 Å². The van der Waals surface area contributed by atoms with Gasteiger partial charge in [0.2, 0.25) is 5.91 Å². The predicted molar refractivity (Wildman–Crippen MR) is 86.6 cm³/mol. The quantitative estimate of drug-likeness (QED) is 0.666. The second-order valence-corrected chi connectivity index (χ2v) is 5.42. The minimum Gasteiger partial charge on any atom is -0.480 e. The second-order valence-electron chi connectivity index (χ2n) is 5.42. The van der Waals surface area contributed by atoms with Crippen LogP contribution >= 0.6 is 0 Å². The van der Waals surface area contributed by atoms with Crippen molar-refractivity contribution < 1.29 is 19.5 Å². The summed E-state index contributed by atoms with van der Waals surface area (Å²) in [4.78, 5) is 32.2. The molecule has 1 aliphatic rings. The lowest BCUT2D eigenvalue weighted by Gasteiger charge is -2.15. The molecule has 2 rings (SSSR count). The number of carboxylic acids is 1. The first-order valence-electron chi connectivity index (χ1n) is 7.85. The first-order valence-corrected chi connectivity index (χ1v) is 7.85. The van der Waals surface area contributed by atoms with Crippen molar-refractivity contribution in [2.24, 2.45) is 0 Å². The SMILES string of the molecule is CCCC(=O)NNC(Cc1ccccc1)C(=O)O.O=C1CCC1. The molecule has 1 aromatic carbocycles. The molecule has 0 aliphatic heterocycles. The van der Waals surface area contributed by atoms with Crippen molar-refractivity contribution >= 4 is 17.7 Å². The van der Waals surface area contributed by atoms with Gasteiger partial charge in [-0.1, -0.05) is 37.3 Å². The Morgan fingerprint density at radius 2 is 1.83 bits per heavy atom. The third-order valence-corrected chi connectivity index (χ3v) is 3.35. The molecule has 23 heavy (non-hydrogen) atoms. The van der Waals surface area contributed by atoms with Crippen molar-refractivity contribution in [3.63, 3.8) is 0 Å². The fourth-order valence-corrected chi connectivity index (χ4v) is 1.83. The molecule has 0 spiro atoms. The summed E-state index contributed by atoms with van der Waals surface area (Å²) >= 11 is 0. The van der Waals surface area contributed by atoms with Crippen LogP contribution in [0.2, 0.25) is 0 Å². The van der Waals surface area contributed by atoms with Gasteiger partial charge >= 0.3 is 5.97 Å². The van der Waals surface area contributed by atoms with Crippen molar-refractivity contribution in [1.29, 1.82) is 0 Å². The first kappa shape index (κ1) is 18.8. The number of benzene rings is 1. The third kappa shape index (κ3) is 8.11. The number of nitrogens with one attached hydrogen (secondary N) is 2. The number of hydrazine groups is 1. The molecule has 0 bridgehead atoms. The molecule has 0 radical (unpaired) electrons. The number of hydrogen-bond acceptors (Lipinski definition) is 4. The average molecular weight is 320 g/mol. The molecule has 1 aliphatic carbocycles. The molecule has 0 aromatic heterocycles. The Morgan fingerprint density at radius 1 is 1.22 bits per heavy atom. The van der Waals surface area contributed by atoms with Crippen LogP contribution in [-0.4, -0.2) is 28.8 Å². The molecule has 3 N–H and O–H groups in total. The zero-order valence-electron chi connectivity index (χ0n) is 13.4. The second kappa shape index (κ2) is 10.5. The van der Waals surface area contributed by atoms with E-state index in [1.807, 2.05) is 37.3 Å². The van der Waals surface area contributed by atoms with E-state index in [1.165, 1.54) is 0 Å². The summed E-state index contributed by atoms with van der Waals surface area (Å²) in [6.45, 7) is 1.89. The Kier molecular flexibility index (Phi) is 8.60. The number of rotatable bonds is 7. The lowest BCUT2D eigenvalue weighted by molar-refractivity contribution is -0.140. The van der Waals surface area contributed by atoms with Crippen LogP contribution in [0.1, 0.15) is 44.6 Å². The van der Waals surface area contributed by atoms with Gasteiger partial charge < -0.3 is 5.11 Å². The molecular formula is C17H24N2O4. The Morgan fingerprint density at radius 3 is 2.26 bits per heavy atom. The van der Waals surface area contributed by atoms with Gasteiger partial charge in [0.25, 0.3) is 0 Å². The van der Waals surface area contributed by atoms with Crippen molar-refractivity contribution in [2.75, 3.05) is 0 Å². The van der Waals surface area contributed by atoms with Gasteiger partial charge in [-0.15, -0.1) is 0 Å². The molecule has 6 heteroatoms. The standard InChI is InChI=1S/C13H18N2O3.C4H6O/c1-2-6-12(16)15-14-11(13(17)18)9-10-7-4-3-5-8-10;5-4-2-1-3-4/h3-5,7-8,11,14H,2,6,9H2,1H3,(H,15,16)(H,17,18);1-3H2. The summed E-state index contributed by atoms with van der Waals surface area (Å²) in [5.74, 6) is -0.752. The van der Waals surface area contributed by atoms with Gasteiger partial charge in [-0.05, 0) is 18.4 Å². The number of Topliss-reactive ketones (excluding diaryl/α,β-unsaturated/α-hetero) is 1. The van der Waals surface area contributed by atoms with Crippen molar-refractivity contribution in [3.8, 4) is 0 Å². The van der Waals surface area contributed by atoms with E-state index in [-0.39, 0.29) is 5.91 Å². The molecule has 6 nitrogen and oxygen atoms in total. The number of amides is 1. The highest BCUT2D eigenvalue weighted by Gasteiger charge is 2.18. The zero-order valence-corrected chi connectivity index (χ0v) is 13.4. The summed E-state index contributed by atoms with van der Waals surface area (Å²) in [5, 5.41) is 9.06. The molecule has 1 aromatic rings. The van der Waals surface area contributed by atoms with Crippen LogP contribution in [0, 0.1) is 0 Å². The number of hydrogen-bond donors (Lipinski definition) is 3. The van der Waals surface area contributed by atoms with Crippen LogP contribution in [-0.2, 0) is 20.8 Å². The topological polar surface area (TPSA) is 95.5 Å². The van der Waals surface area contributed by atoms with Gasteiger partial charge in [0, 0.05) is 25.7 Å². The van der Waals surface area contributed by atoms with E-state index in [0.717, 1.165) is 31.2 Å². The Bertz CT molecular complexity index is 511. The van der Waals surface area contributed by atoms with Crippen LogP contribution in [0.4, 0.5) is 0 Å². The van der Waals surface area contributed by atoms with E-state index < -0.39 is 12.0 Å². The molecule has 1 fully saturated rings. The van der Waals surface area contributed by atoms with E-state index in [2.05, 4.69) is 10.9 Å². The summed E-state index contributed by atoms with van der Waals surface area (Å²) in [6.07, 6.45) is 4.26. The Hall–Kier alpha value is -2.21. The summed E-state index contributed by atoms with van der Waals surface area (Å²) < 4.78 is 0. The van der Waals surface area contributed by atoms with Gasteiger partial charge in [-0.25, -0.2) is 5.43 Å². The number of carboxylic acid groups (broad SMARTS) is 1. The van der Waals surface area contributed by atoms with Gasteiger partial charge in [-0.3, -0.25) is 19.8 Å². The normalized spacial score (nSPS) is 14.0. The van der Waals surface area contributed by atoms with Gasteiger partial charge in [0.15, 0.2) is 0 Å². The smallest absolute Gasteiger partial charge is 0.322 e. The molecule has 0 heterocycles. The highest BCUT2D eigenvalue weighted by molar-refractivity contribution is 5.83. The molecule has 0 saturated heterocycles. The molecular weight excluding hydrogens is 296 g/mol. The highest BCUT2D eigenvalue weighted by atomic mass is 16.4. The molecule has 126 valence electrons. The lowest BCUT2D eigenvalue weighted by atomic mass is 9.99. The number of carbonyl (C=O) groups is 3. The summed E-state index contributed by atoms with van der Waals surface area (Å²) in [7, 11) is 0. The van der Waals surface area contributed by atoms with Crippen molar-refractivity contribution in [1.82, 2.24) is 10.9 Å². The molecule has 1 atom stereocenters. The Labute approximate surface area is 136 Å². The fourth-order valence-electron chi connectivity index (χ4n) is 1.83. The van der Waals surface area contributed by atoms with Gasteiger partial charge in [0.1, 0.15) is 11.8 Å². The maximum absolute atomic E-state index is 11.3. The lowest BCUT2D eigenvalue weighted by Crippen LogP contribution is -2.49. The summed E-state index contributed by atoms with van der Waals surface area (Å²) in [5.41, 5.74) is 5.87. The molecule has 1 amide bonds. The zero-order chi connectivity index (χ0) is 17.1. The van der Waals surface area contributed by atoms with Crippen LogP contribution in [0.25, 0.3) is 0 Å². The maximum atomic E-state index is 11.3. The first-order chi connectivity index (χ1) is 11.0. The van der Waals surface area contributed by atoms with E-state index >= 15 is 0 Å². The predicted octanol–water partition coefficient (Wildman–Crippen LogP) is 1.84. The Balaban J connectivity index is 0.000000446. The van der Waals surface area contributed by atoms with Crippen LogP contribution in [0.15, 0.2) is 30.3 Å². The van der Waals surface area contributed by atoms with Gasteiger partial charge in [0.05, 0.1) is 0 Å². The monoisotopic (exact) mass is 320 g/mol. The van der Waals surface area contributed by atoms with E-state index in [1.54, 1.807) is 0 Å². The summed E-state index contributed by atoms with van der Waals surface area (Å²) in [6, 6.07) is 8.45. The maximum Gasteiger partial charge on any atom is 0.322 e. The average Bonchev–Trinajstić information content (AvgIpc) is 2.51. The van der Waals surface area contributed by atoms with Gasteiger partial charge in [-0.2, -0.15) is 0 Å². The highest BCUT2D eigenvalue weighted by Crippen LogP contribution is 2.10. The fraction of sp³-hybridized carbons (Fsp3) is 0.471. The van der Waals surface area contributed by atoms with E-state index in [4.69, 9.17) is 5.11 Å². The van der Waals surface area contributed by atoms with Crippen LogP contribution < -0.4 is 10.9 Å². The third-order valence-electron chi connectivity index (χ3n) is 3.35. The molecule has 1 unspecified atom stereocenters. The van der Waals surface area contributed by atoms with Crippen molar-refractivity contribution in [2.45, 2.75) is 51.5 Å². The minimum atomic E-state index is -0.990. The van der Waals surface area contributed by atoms with Crippen LogP contribution in [0.5, 0.6) is 0 Å². The molecule has 1 saturated carbocycles. The van der Waals surface area contributed by atoms with Crippen LogP contribution in [0.3, 0.4) is 0 Å². The largest absolute Gasteiger partial charge is 0.480 e. The van der Waals surface area contributed by atoms with E-state index in [0.29, 0.717) is 18.6 Å². The number of aliphatic carboxylic acids is 1. The number of carbonyl (C=O) groups excluding carboxylic acids is 2. The number of ketones is 1. The minimum absolute atomic E-state index is 0.197. The van der Waals surface area contributed by atoms with Crippen molar-refractivity contribution in [3.05, 3.63) is 35.9 Å².